The molecule has 1 nitrogen and oxygen atoms in total. The van der Waals surface area contributed by atoms with Crippen molar-refractivity contribution in [3.8, 4) is 0 Å². The van der Waals surface area contributed by atoms with Crippen LogP contribution in [0.25, 0.3) is 0 Å². The second kappa shape index (κ2) is 5.96. The molecule has 2 rings (SSSR count). The van der Waals surface area contributed by atoms with Gasteiger partial charge in [0.15, 0.2) is 0 Å². The fourth-order valence-electron chi connectivity index (χ4n) is 1.81. The monoisotopic (exact) mass is 299 g/mol. The second-order valence-electron chi connectivity index (χ2n) is 4.21. The maximum absolute atomic E-state index is 6.19. The molecule has 0 saturated heterocycles. The smallest absolute Gasteiger partial charge is 0.0603 e. The lowest BCUT2D eigenvalue weighted by Crippen LogP contribution is -2.20. The molecular formula is C14H15Cl2NS. The normalized spacial score (nSPS) is 12.4. The Labute approximate surface area is 122 Å². The van der Waals surface area contributed by atoms with Crippen molar-refractivity contribution in [3.05, 3.63) is 51.2 Å². The fraction of sp³-hybridized carbons (Fsp3) is 0.286. The summed E-state index contributed by atoms with van der Waals surface area (Å²) in [6.07, 6.45) is 0. The molecule has 1 heterocycles. The predicted octanol–water partition coefficient (Wildman–Crippen LogP) is 5.34. The van der Waals surface area contributed by atoms with Crippen molar-refractivity contribution < 1.29 is 0 Å². The molecule has 18 heavy (non-hydrogen) atoms. The van der Waals surface area contributed by atoms with E-state index in [1.54, 1.807) is 11.3 Å². The van der Waals surface area contributed by atoms with Crippen molar-refractivity contribution in [2.45, 2.75) is 18.8 Å². The highest BCUT2D eigenvalue weighted by atomic mass is 35.5. The Bertz CT molecular complexity index is 511. The van der Waals surface area contributed by atoms with Crippen molar-refractivity contribution in [2.24, 2.45) is 0 Å². The van der Waals surface area contributed by atoms with Crippen LogP contribution in [0.3, 0.4) is 0 Å². The summed E-state index contributed by atoms with van der Waals surface area (Å²) in [4.78, 5) is 3.56. The SMILES string of the molecule is CC(c1cccs1)N(C)c1ccc(CCl)c(Cl)c1. The Kier molecular flexibility index (Phi) is 4.55. The van der Waals surface area contributed by atoms with Gasteiger partial charge >= 0.3 is 0 Å². The van der Waals surface area contributed by atoms with E-state index in [2.05, 4.69) is 42.5 Å². The third kappa shape index (κ3) is 2.82. The summed E-state index contributed by atoms with van der Waals surface area (Å²) in [7, 11) is 2.08. The third-order valence-corrected chi connectivity index (χ3v) is 4.81. The number of benzene rings is 1. The zero-order valence-corrected chi connectivity index (χ0v) is 12.7. The summed E-state index contributed by atoms with van der Waals surface area (Å²) in [5.41, 5.74) is 2.08. The Balaban J connectivity index is 2.23. The Morgan fingerprint density at radius 2 is 2.11 bits per heavy atom. The van der Waals surface area contributed by atoms with Crippen LogP contribution in [-0.2, 0) is 5.88 Å². The highest BCUT2D eigenvalue weighted by Gasteiger charge is 2.14. The fourth-order valence-corrected chi connectivity index (χ4v) is 3.18. The van der Waals surface area contributed by atoms with Gasteiger partial charge in [-0.25, -0.2) is 0 Å². The van der Waals surface area contributed by atoms with Gasteiger partial charge in [-0.05, 0) is 36.1 Å². The predicted molar refractivity (Wildman–Crippen MR) is 82.1 cm³/mol. The van der Waals surface area contributed by atoms with Crippen molar-refractivity contribution in [1.29, 1.82) is 0 Å². The molecule has 1 aromatic heterocycles. The van der Waals surface area contributed by atoms with E-state index in [4.69, 9.17) is 23.2 Å². The molecule has 0 bridgehead atoms. The van der Waals surface area contributed by atoms with Gasteiger partial charge in [0.05, 0.1) is 6.04 Å². The molecule has 0 amide bonds. The van der Waals surface area contributed by atoms with E-state index >= 15 is 0 Å². The zero-order chi connectivity index (χ0) is 13.1. The average molecular weight is 300 g/mol. The standard InChI is InChI=1S/C14H15Cl2NS/c1-10(14-4-3-7-18-14)17(2)12-6-5-11(9-15)13(16)8-12/h3-8,10H,9H2,1-2H3. The molecule has 1 aromatic carbocycles. The molecule has 0 N–H and O–H groups in total. The molecule has 0 radical (unpaired) electrons. The number of hydrogen-bond donors (Lipinski definition) is 0. The van der Waals surface area contributed by atoms with Crippen molar-refractivity contribution in [1.82, 2.24) is 0 Å². The van der Waals surface area contributed by atoms with E-state index < -0.39 is 0 Å². The number of nitrogens with zero attached hydrogens (tertiary/aromatic N) is 1. The first-order valence-corrected chi connectivity index (χ1v) is 7.53. The molecule has 0 aliphatic carbocycles. The summed E-state index contributed by atoms with van der Waals surface area (Å²) in [6, 6.07) is 10.6. The van der Waals surface area contributed by atoms with E-state index in [1.807, 2.05) is 12.1 Å². The van der Waals surface area contributed by atoms with Crippen LogP contribution >= 0.6 is 34.5 Å². The van der Waals surface area contributed by atoms with Crippen molar-refractivity contribution >= 4 is 40.2 Å². The van der Waals surface area contributed by atoms with Gasteiger partial charge in [-0.15, -0.1) is 22.9 Å². The maximum Gasteiger partial charge on any atom is 0.0603 e. The first-order chi connectivity index (χ1) is 8.63. The first-order valence-electron chi connectivity index (χ1n) is 5.74. The zero-order valence-electron chi connectivity index (χ0n) is 10.4. The van der Waals surface area contributed by atoms with Crippen LogP contribution < -0.4 is 4.90 Å². The Hall–Kier alpha value is -0.700. The van der Waals surface area contributed by atoms with Crippen LogP contribution in [-0.4, -0.2) is 7.05 Å². The average Bonchev–Trinajstić information content (AvgIpc) is 2.90. The Morgan fingerprint density at radius 3 is 2.67 bits per heavy atom. The summed E-state index contributed by atoms with van der Waals surface area (Å²) >= 11 is 13.8. The van der Waals surface area contributed by atoms with Crippen LogP contribution in [0.15, 0.2) is 35.7 Å². The number of halogens is 2. The van der Waals surface area contributed by atoms with Crippen molar-refractivity contribution in [3.63, 3.8) is 0 Å². The van der Waals surface area contributed by atoms with Gasteiger partial charge in [0.25, 0.3) is 0 Å². The van der Waals surface area contributed by atoms with Crippen LogP contribution in [0, 0.1) is 0 Å². The molecule has 0 aliphatic heterocycles. The summed E-state index contributed by atoms with van der Waals surface area (Å²) in [5, 5.41) is 2.83. The molecule has 0 saturated carbocycles. The Morgan fingerprint density at radius 1 is 1.33 bits per heavy atom. The van der Waals surface area contributed by atoms with Crippen molar-refractivity contribution in [2.75, 3.05) is 11.9 Å². The van der Waals surface area contributed by atoms with Gasteiger partial charge in [0, 0.05) is 28.5 Å². The van der Waals surface area contributed by atoms with Gasteiger partial charge in [-0.2, -0.15) is 0 Å². The highest BCUT2D eigenvalue weighted by molar-refractivity contribution is 7.10. The molecule has 1 unspecified atom stereocenters. The second-order valence-corrected chi connectivity index (χ2v) is 5.87. The van der Waals surface area contributed by atoms with Crippen LogP contribution in [0.1, 0.15) is 23.4 Å². The van der Waals surface area contributed by atoms with Gasteiger partial charge in [-0.1, -0.05) is 23.7 Å². The lowest BCUT2D eigenvalue weighted by molar-refractivity contribution is 0.754. The van der Waals surface area contributed by atoms with E-state index in [-0.39, 0.29) is 0 Å². The molecule has 2 aromatic rings. The largest absolute Gasteiger partial charge is 0.367 e. The number of rotatable bonds is 4. The van der Waals surface area contributed by atoms with Gasteiger partial charge in [-0.3, -0.25) is 0 Å². The highest BCUT2D eigenvalue weighted by Crippen LogP contribution is 2.31. The van der Waals surface area contributed by atoms with Crippen LogP contribution in [0.5, 0.6) is 0 Å². The topological polar surface area (TPSA) is 3.24 Å². The summed E-state index contributed by atoms with van der Waals surface area (Å²) in [5.74, 6) is 0.448. The molecule has 96 valence electrons. The minimum absolute atomic E-state index is 0.336. The molecule has 0 aliphatic rings. The minimum Gasteiger partial charge on any atom is -0.367 e. The van der Waals surface area contributed by atoms with E-state index in [0.29, 0.717) is 11.9 Å². The van der Waals surface area contributed by atoms with Crippen LogP contribution in [0.2, 0.25) is 5.02 Å². The summed E-state index contributed by atoms with van der Waals surface area (Å²) < 4.78 is 0. The number of anilines is 1. The lowest BCUT2D eigenvalue weighted by Gasteiger charge is -2.26. The molecule has 0 fully saturated rings. The van der Waals surface area contributed by atoms with E-state index in [0.717, 1.165) is 16.3 Å². The minimum atomic E-state index is 0.336. The van der Waals surface area contributed by atoms with Crippen LogP contribution in [0.4, 0.5) is 5.69 Å². The number of hydrogen-bond acceptors (Lipinski definition) is 2. The molecule has 4 heteroatoms. The summed E-state index contributed by atoms with van der Waals surface area (Å²) in [6.45, 7) is 2.19. The lowest BCUT2D eigenvalue weighted by atomic mass is 10.1. The quantitative estimate of drug-likeness (QED) is 0.689. The number of thiophene rings is 1. The van der Waals surface area contributed by atoms with E-state index in [9.17, 15) is 0 Å². The molecular weight excluding hydrogens is 285 g/mol. The van der Waals surface area contributed by atoms with Gasteiger partial charge < -0.3 is 4.90 Å². The number of alkyl halides is 1. The van der Waals surface area contributed by atoms with E-state index in [1.165, 1.54) is 4.88 Å². The third-order valence-electron chi connectivity index (χ3n) is 3.12. The maximum atomic E-state index is 6.19. The first kappa shape index (κ1) is 13.7. The van der Waals surface area contributed by atoms with Gasteiger partial charge in [0.2, 0.25) is 0 Å². The molecule has 0 spiro atoms. The molecule has 1 atom stereocenters. The van der Waals surface area contributed by atoms with Gasteiger partial charge in [0.1, 0.15) is 0 Å².